The summed E-state index contributed by atoms with van der Waals surface area (Å²) in [4.78, 5) is 13.1. The fraction of sp³-hybridized carbons (Fsp3) is 0.278. The average Bonchev–Trinajstić information content (AvgIpc) is 3.05. The van der Waals surface area contributed by atoms with E-state index >= 15 is 0 Å². The van der Waals surface area contributed by atoms with Crippen LogP contribution in [0.1, 0.15) is 24.0 Å². The lowest BCUT2D eigenvalue weighted by Gasteiger charge is -2.38. The zero-order valence-corrected chi connectivity index (χ0v) is 11.9. The molecule has 0 radical (unpaired) electrons. The molecule has 1 aliphatic rings. The number of benzene rings is 2. The van der Waals surface area contributed by atoms with Gasteiger partial charge in [-0.2, -0.15) is 0 Å². The van der Waals surface area contributed by atoms with Crippen LogP contribution in [0.4, 0.5) is 0 Å². The molecule has 3 rings (SSSR count). The summed E-state index contributed by atoms with van der Waals surface area (Å²) >= 11 is 0. The molecule has 0 aliphatic carbocycles. The molecule has 0 aromatic heterocycles. The Morgan fingerprint density at radius 3 is 2.00 bits per heavy atom. The number of carbonyl (C=O) groups excluding carboxylic acids is 1. The second-order valence-electron chi connectivity index (χ2n) is 5.50. The van der Waals surface area contributed by atoms with Crippen LogP contribution in [0, 0.1) is 0 Å². The van der Waals surface area contributed by atoms with Gasteiger partial charge in [-0.05, 0) is 24.0 Å². The smallest absolute Gasteiger partial charge is 0.210 e. The van der Waals surface area contributed by atoms with Crippen LogP contribution in [0.3, 0.4) is 0 Å². The summed E-state index contributed by atoms with van der Waals surface area (Å²) in [5.74, 6) is 0. The predicted octanol–water partition coefficient (Wildman–Crippen LogP) is 2.54. The largest absolute Gasteiger partial charge is 0.378 e. The molecule has 3 heteroatoms. The second kappa shape index (κ2) is 5.70. The van der Waals surface area contributed by atoms with E-state index in [1.807, 2.05) is 60.7 Å². The highest BCUT2D eigenvalue weighted by molar-refractivity contribution is 5.51. The van der Waals surface area contributed by atoms with Crippen LogP contribution in [0.5, 0.6) is 0 Å². The highest BCUT2D eigenvalue weighted by atomic mass is 16.3. The van der Waals surface area contributed by atoms with Gasteiger partial charge >= 0.3 is 0 Å². The van der Waals surface area contributed by atoms with Crippen molar-refractivity contribution in [1.29, 1.82) is 0 Å². The van der Waals surface area contributed by atoms with Crippen molar-refractivity contribution in [3.05, 3.63) is 71.8 Å². The lowest BCUT2D eigenvalue weighted by atomic mass is 9.79. The maximum absolute atomic E-state index is 11.6. The third-order valence-electron chi connectivity index (χ3n) is 4.34. The summed E-state index contributed by atoms with van der Waals surface area (Å²) in [6, 6.07) is 19.0. The Morgan fingerprint density at radius 2 is 1.52 bits per heavy atom. The van der Waals surface area contributed by atoms with E-state index in [1.54, 1.807) is 4.90 Å². The van der Waals surface area contributed by atoms with Gasteiger partial charge in [-0.3, -0.25) is 4.79 Å². The number of carbonyl (C=O) groups is 1. The average molecular weight is 281 g/mol. The lowest BCUT2D eigenvalue weighted by molar-refractivity contribution is -0.123. The highest BCUT2D eigenvalue weighted by Gasteiger charge is 2.45. The molecule has 21 heavy (non-hydrogen) atoms. The number of aliphatic hydroxyl groups is 1. The molecule has 1 unspecified atom stereocenters. The van der Waals surface area contributed by atoms with Crippen molar-refractivity contribution in [1.82, 2.24) is 4.90 Å². The summed E-state index contributed by atoms with van der Waals surface area (Å²) in [7, 11) is 0. The fourth-order valence-corrected chi connectivity index (χ4v) is 3.30. The molecule has 2 aromatic rings. The second-order valence-corrected chi connectivity index (χ2v) is 5.50. The molecule has 1 atom stereocenters. The van der Waals surface area contributed by atoms with E-state index in [0.717, 1.165) is 30.4 Å². The van der Waals surface area contributed by atoms with E-state index in [-0.39, 0.29) is 6.04 Å². The van der Waals surface area contributed by atoms with Crippen molar-refractivity contribution in [2.75, 3.05) is 6.54 Å². The van der Waals surface area contributed by atoms with Crippen molar-refractivity contribution in [2.45, 2.75) is 24.5 Å². The van der Waals surface area contributed by atoms with Crippen LogP contribution >= 0.6 is 0 Å². The van der Waals surface area contributed by atoms with Crippen LogP contribution in [0.25, 0.3) is 0 Å². The van der Waals surface area contributed by atoms with Gasteiger partial charge in [-0.25, -0.2) is 0 Å². The van der Waals surface area contributed by atoms with E-state index < -0.39 is 5.60 Å². The number of hydrogen-bond donors (Lipinski definition) is 1. The monoisotopic (exact) mass is 281 g/mol. The van der Waals surface area contributed by atoms with Crippen molar-refractivity contribution in [3.63, 3.8) is 0 Å². The highest BCUT2D eigenvalue weighted by Crippen LogP contribution is 2.39. The number of amides is 1. The molecule has 1 fully saturated rings. The van der Waals surface area contributed by atoms with Crippen LogP contribution in [0.15, 0.2) is 60.7 Å². The molecular formula is C18H19NO2. The van der Waals surface area contributed by atoms with Crippen molar-refractivity contribution < 1.29 is 9.90 Å². The zero-order chi connectivity index (χ0) is 14.7. The summed E-state index contributed by atoms with van der Waals surface area (Å²) in [6.45, 7) is 0.705. The van der Waals surface area contributed by atoms with Gasteiger partial charge in [0.1, 0.15) is 5.60 Å². The molecule has 1 saturated heterocycles. The molecule has 0 spiro atoms. The van der Waals surface area contributed by atoms with Crippen molar-refractivity contribution >= 4 is 6.41 Å². The lowest BCUT2D eigenvalue weighted by Crippen LogP contribution is -2.47. The van der Waals surface area contributed by atoms with Gasteiger partial charge in [0.2, 0.25) is 6.41 Å². The first-order valence-corrected chi connectivity index (χ1v) is 7.31. The topological polar surface area (TPSA) is 40.5 Å². The maximum Gasteiger partial charge on any atom is 0.210 e. The first kappa shape index (κ1) is 13.8. The third kappa shape index (κ3) is 2.34. The van der Waals surface area contributed by atoms with E-state index in [0.29, 0.717) is 6.54 Å². The Morgan fingerprint density at radius 1 is 1.00 bits per heavy atom. The standard InChI is InChI=1S/C18H19NO2/c20-14-19-13-7-12-17(19)18(21,15-8-3-1-4-9-15)16-10-5-2-6-11-16/h1-6,8-11,14,17,21H,7,12-13H2. The van der Waals surface area contributed by atoms with E-state index in [1.165, 1.54) is 0 Å². The first-order chi connectivity index (χ1) is 10.3. The number of likely N-dealkylation sites (tertiary alicyclic amines) is 1. The Bertz CT molecular complexity index is 558. The molecule has 1 N–H and O–H groups in total. The summed E-state index contributed by atoms with van der Waals surface area (Å²) in [5, 5.41) is 11.6. The minimum absolute atomic E-state index is 0.222. The number of rotatable bonds is 4. The van der Waals surface area contributed by atoms with Gasteiger partial charge in [-0.1, -0.05) is 60.7 Å². The predicted molar refractivity (Wildman–Crippen MR) is 81.7 cm³/mol. The molecule has 1 amide bonds. The minimum Gasteiger partial charge on any atom is -0.378 e. The van der Waals surface area contributed by atoms with E-state index in [2.05, 4.69) is 0 Å². The summed E-state index contributed by atoms with van der Waals surface area (Å²) < 4.78 is 0. The zero-order valence-electron chi connectivity index (χ0n) is 11.9. The van der Waals surface area contributed by atoms with Crippen molar-refractivity contribution in [2.24, 2.45) is 0 Å². The van der Waals surface area contributed by atoms with Gasteiger partial charge in [0.15, 0.2) is 0 Å². The van der Waals surface area contributed by atoms with E-state index in [9.17, 15) is 9.90 Å². The molecule has 3 nitrogen and oxygen atoms in total. The molecule has 0 bridgehead atoms. The van der Waals surface area contributed by atoms with Crippen molar-refractivity contribution in [3.8, 4) is 0 Å². The first-order valence-electron chi connectivity index (χ1n) is 7.31. The van der Waals surface area contributed by atoms with Gasteiger partial charge in [0, 0.05) is 6.54 Å². The Hall–Kier alpha value is -2.13. The van der Waals surface area contributed by atoms with Crippen LogP contribution in [-0.2, 0) is 10.4 Å². The SMILES string of the molecule is O=CN1CCCC1C(O)(c1ccccc1)c1ccccc1. The van der Waals surface area contributed by atoms with Gasteiger partial charge < -0.3 is 10.0 Å². The molecule has 0 saturated carbocycles. The maximum atomic E-state index is 11.6. The third-order valence-corrected chi connectivity index (χ3v) is 4.34. The molecule has 108 valence electrons. The van der Waals surface area contributed by atoms with Crippen LogP contribution in [0.2, 0.25) is 0 Å². The van der Waals surface area contributed by atoms with E-state index in [4.69, 9.17) is 0 Å². The summed E-state index contributed by atoms with van der Waals surface area (Å²) in [5.41, 5.74) is 0.491. The van der Waals surface area contributed by atoms with Gasteiger partial charge in [-0.15, -0.1) is 0 Å². The van der Waals surface area contributed by atoms with Gasteiger partial charge in [0.25, 0.3) is 0 Å². The van der Waals surface area contributed by atoms with Crippen LogP contribution in [-0.4, -0.2) is 29.0 Å². The van der Waals surface area contributed by atoms with Crippen LogP contribution < -0.4 is 0 Å². The molecule has 2 aromatic carbocycles. The molecular weight excluding hydrogens is 262 g/mol. The Labute approximate surface area is 124 Å². The molecule has 1 heterocycles. The Balaban J connectivity index is 2.13. The number of hydrogen-bond acceptors (Lipinski definition) is 2. The van der Waals surface area contributed by atoms with Gasteiger partial charge in [0.05, 0.1) is 6.04 Å². The Kier molecular flexibility index (Phi) is 3.76. The molecule has 1 aliphatic heterocycles. The fourth-order valence-electron chi connectivity index (χ4n) is 3.30. The quantitative estimate of drug-likeness (QED) is 0.875. The summed E-state index contributed by atoms with van der Waals surface area (Å²) in [6.07, 6.45) is 2.58. The number of nitrogens with zero attached hydrogens (tertiary/aromatic N) is 1. The minimum atomic E-state index is -1.17. The normalized spacial score (nSPS) is 18.7.